The highest BCUT2D eigenvalue weighted by molar-refractivity contribution is 6.12. The van der Waals surface area contributed by atoms with Gasteiger partial charge < -0.3 is 19.8 Å². The molecule has 2 N–H and O–H groups in total. The van der Waals surface area contributed by atoms with Crippen LogP contribution in [0.4, 0.5) is 23.3 Å². The molecule has 2 aromatic heterocycles. The lowest BCUT2D eigenvalue weighted by Gasteiger charge is -2.14. The molecule has 0 bridgehead atoms. The van der Waals surface area contributed by atoms with E-state index in [2.05, 4.69) is 30.7 Å². The Morgan fingerprint density at radius 3 is 2.77 bits per heavy atom. The molecule has 0 saturated carbocycles. The molecule has 10 heteroatoms. The summed E-state index contributed by atoms with van der Waals surface area (Å²) in [5, 5.41) is 11.9. The number of anilines is 4. The van der Waals surface area contributed by atoms with E-state index in [1.807, 2.05) is 44.2 Å². The number of nitrogens with one attached hydrogen (secondary N) is 2. The minimum Gasteiger partial charge on any atom is -0.467 e. The first-order valence-corrected chi connectivity index (χ1v) is 9.50. The lowest BCUT2D eigenvalue weighted by Crippen LogP contribution is -2.19. The Hall–Kier alpha value is -3.95. The van der Waals surface area contributed by atoms with Gasteiger partial charge in [0.1, 0.15) is 5.76 Å². The third-order valence-electron chi connectivity index (χ3n) is 4.15. The van der Waals surface area contributed by atoms with Gasteiger partial charge >= 0.3 is 6.01 Å². The highest BCUT2D eigenvalue weighted by Crippen LogP contribution is 2.25. The van der Waals surface area contributed by atoms with Crippen LogP contribution >= 0.6 is 0 Å². The minimum atomic E-state index is -0.0622. The predicted molar refractivity (Wildman–Crippen MR) is 112 cm³/mol. The highest BCUT2D eigenvalue weighted by atomic mass is 16.5. The number of hydrogen-bond donors (Lipinski definition) is 2. The zero-order valence-electron chi connectivity index (χ0n) is 16.6. The Bertz CT molecular complexity index is 1070. The van der Waals surface area contributed by atoms with Crippen molar-refractivity contribution >= 4 is 34.9 Å². The molecule has 3 heterocycles. The molecule has 1 aromatic carbocycles. The molecule has 0 fully saturated rings. The van der Waals surface area contributed by atoms with Gasteiger partial charge in [0, 0.05) is 11.4 Å². The van der Waals surface area contributed by atoms with E-state index in [-0.39, 0.29) is 11.9 Å². The maximum absolute atomic E-state index is 12.1. The van der Waals surface area contributed by atoms with Gasteiger partial charge in [-0.2, -0.15) is 20.1 Å². The molecule has 0 unspecified atom stereocenters. The van der Waals surface area contributed by atoms with Crippen LogP contribution in [0.25, 0.3) is 0 Å². The van der Waals surface area contributed by atoms with E-state index in [9.17, 15) is 4.79 Å². The van der Waals surface area contributed by atoms with Crippen LogP contribution in [0, 0.1) is 0 Å². The fourth-order valence-corrected chi connectivity index (χ4v) is 2.87. The molecule has 1 aliphatic heterocycles. The van der Waals surface area contributed by atoms with Crippen LogP contribution in [-0.4, -0.2) is 33.2 Å². The van der Waals surface area contributed by atoms with Crippen molar-refractivity contribution in [1.82, 2.24) is 15.0 Å². The van der Waals surface area contributed by atoms with E-state index in [0.717, 1.165) is 11.5 Å². The number of carbonyl (C=O) groups is 1. The van der Waals surface area contributed by atoms with Gasteiger partial charge in [-0.15, -0.1) is 0 Å². The largest absolute Gasteiger partial charge is 0.467 e. The number of hydrazone groups is 1. The van der Waals surface area contributed by atoms with Gasteiger partial charge in [-0.25, -0.2) is 5.01 Å². The van der Waals surface area contributed by atoms with Gasteiger partial charge in [0.2, 0.25) is 11.9 Å². The maximum atomic E-state index is 12.1. The Labute approximate surface area is 173 Å². The van der Waals surface area contributed by atoms with Gasteiger partial charge in [-0.3, -0.25) is 4.79 Å². The SMILES string of the molecule is CCOc1nc(NCc2ccco2)nc(Nc2cccc(N3N=C(C)CC3=O)c2)n1. The molecule has 1 aliphatic rings. The molecule has 0 radical (unpaired) electrons. The van der Waals surface area contributed by atoms with Crippen LogP contribution in [0.3, 0.4) is 0 Å². The molecule has 1 amide bonds. The fraction of sp³-hybridized carbons (Fsp3) is 0.250. The van der Waals surface area contributed by atoms with Crippen molar-refractivity contribution < 1.29 is 13.9 Å². The normalized spacial score (nSPS) is 13.3. The second kappa shape index (κ2) is 8.60. The molecule has 0 spiro atoms. The van der Waals surface area contributed by atoms with E-state index >= 15 is 0 Å². The van der Waals surface area contributed by atoms with Crippen LogP contribution in [-0.2, 0) is 11.3 Å². The van der Waals surface area contributed by atoms with Crippen molar-refractivity contribution in [3.63, 3.8) is 0 Å². The summed E-state index contributed by atoms with van der Waals surface area (Å²) in [5.41, 5.74) is 2.15. The van der Waals surface area contributed by atoms with E-state index in [1.165, 1.54) is 5.01 Å². The first-order valence-electron chi connectivity index (χ1n) is 9.50. The number of ether oxygens (including phenoxy) is 1. The molecule has 0 aliphatic carbocycles. The summed E-state index contributed by atoms with van der Waals surface area (Å²) < 4.78 is 10.8. The van der Waals surface area contributed by atoms with Crippen molar-refractivity contribution in [2.75, 3.05) is 22.2 Å². The summed E-state index contributed by atoms with van der Waals surface area (Å²) in [6.07, 6.45) is 1.93. The van der Waals surface area contributed by atoms with Crippen molar-refractivity contribution in [3.05, 3.63) is 48.4 Å². The second-order valence-corrected chi connectivity index (χ2v) is 6.52. The van der Waals surface area contributed by atoms with Crippen molar-refractivity contribution in [2.24, 2.45) is 5.10 Å². The number of nitrogens with zero attached hydrogens (tertiary/aromatic N) is 5. The van der Waals surface area contributed by atoms with Crippen LogP contribution in [0.2, 0.25) is 0 Å². The maximum Gasteiger partial charge on any atom is 0.323 e. The van der Waals surface area contributed by atoms with E-state index in [0.29, 0.717) is 42.8 Å². The lowest BCUT2D eigenvalue weighted by molar-refractivity contribution is -0.116. The number of carbonyl (C=O) groups excluding carboxylic acids is 1. The predicted octanol–water partition coefficient (Wildman–Crippen LogP) is 3.33. The molecule has 3 aromatic rings. The van der Waals surface area contributed by atoms with Crippen molar-refractivity contribution in [1.29, 1.82) is 0 Å². The molecule has 0 atom stereocenters. The summed E-state index contributed by atoms with van der Waals surface area (Å²) in [5.74, 6) is 1.34. The minimum absolute atomic E-state index is 0.0622. The van der Waals surface area contributed by atoms with Crippen LogP contribution in [0.5, 0.6) is 6.01 Å². The zero-order valence-corrected chi connectivity index (χ0v) is 16.6. The highest BCUT2D eigenvalue weighted by Gasteiger charge is 2.22. The first-order chi connectivity index (χ1) is 14.6. The summed E-state index contributed by atoms with van der Waals surface area (Å²) >= 11 is 0. The molecular weight excluding hydrogens is 386 g/mol. The van der Waals surface area contributed by atoms with Gasteiger partial charge in [0.15, 0.2) is 0 Å². The molecule has 4 rings (SSSR count). The number of aromatic nitrogens is 3. The van der Waals surface area contributed by atoms with E-state index < -0.39 is 0 Å². The average Bonchev–Trinajstić information content (AvgIpc) is 3.36. The summed E-state index contributed by atoms with van der Waals surface area (Å²) in [4.78, 5) is 25.0. The molecular formula is C20H21N7O3. The van der Waals surface area contributed by atoms with Gasteiger partial charge in [-0.1, -0.05) is 6.07 Å². The number of rotatable bonds is 8. The molecule has 10 nitrogen and oxygen atoms in total. The number of furan rings is 1. The average molecular weight is 407 g/mol. The summed E-state index contributed by atoms with van der Waals surface area (Å²) in [7, 11) is 0. The van der Waals surface area contributed by atoms with Crippen LogP contribution in [0.1, 0.15) is 26.0 Å². The third-order valence-corrected chi connectivity index (χ3v) is 4.15. The van der Waals surface area contributed by atoms with Crippen LogP contribution < -0.4 is 20.4 Å². The standard InChI is InChI=1S/C20H21N7O3/c1-3-29-20-24-18(21-12-16-8-5-9-30-16)23-19(25-20)22-14-6-4-7-15(11-14)27-17(28)10-13(2)26-27/h4-9,11H,3,10,12H2,1-2H3,(H2,21,22,23,24,25). The van der Waals surface area contributed by atoms with Crippen molar-refractivity contribution in [2.45, 2.75) is 26.8 Å². The zero-order chi connectivity index (χ0) is 20.9. The van der Waals surface area contributed by atoms with Gasteiger partial charge in [0.05, 0.1) is 31.5 Å². The number of hydrogen-bond acceptors (Lipinski definition) is 9. The number of benzene rings is 1. The molecule has 0 saturated heterocycles. The Morgan fingerprint density at radius 1 is 1.17 bits per heavy atom. The van der Waals surface area contributed by atoms with Crippen molar-refractivity contribution in [3.8, 4) is 6.01 Å². The molecule has 154 valence electrons. The fourth-order valence-electron chi connectivity index (χ4n) is 2.87. The smallest absolute Gasteiger partial charge is 0.323 e. The van der Waals surface area contributed by atoms with E-state index in [1.54, 1.807) is 12.3 Å². The quantitative estimate of drug-likeness (QED) is 0.584. The first kappa shape index (κ1) is 19.4. The van der Waals surface area contributed by atoms with Gasteiger partial charge in [0.25, 0.3) is 5.91 Å². The second-order valence-electron chi connectivity index (χ2n) is 6.52. The Kier molecular flexibility index (Phi) is 5.55. The third kappa shape index (κ3) is 4.54. The Balaban J connectivity index is 1.54. The summed E-state index contributed by atoms with van der Waals surface area (Å²) in [6, 6.07) is 11.2. The topological polar surface area (TPSA) is 118 Å². The molecule has 30 heavy (non-hydrogen) atoms. The number of amides is 1. The monoisotopic (exact) mass is 407 g/mol. The summed E-state index contributed by atoms with van der Waals surface area (Å²) in [6.45, 7) is 4.53. The Morgan fingerprint density at radius 2 is 2.03 bits per heavy atom. The van der Waals surface area contributed by atoms with Crippen LogP contribution in [0.15, 0.2) is 52.2 Å². The van der Waals surface area contributed by atoms with Gasteiger partial charge in [-0.05, 0) is 44.2 Å². The lowest BCUT2D eigenvalue weighted by atomic mass is 10.2. The van der Waals surface area contributed by atoms with E-state index in [4.69, 9.17) is 9.15 Å².